The third-order valence-corrected chi connectivity index (χ3v) is 7.75. The van der Waals surface area contributed by atoms with Crippen molar-refractivity contribution < 1.29 is 0 Å². The summed E-state index contributed by atoms with van der Waals surface area (Å²) in [4.78, 5) is 2.29. The minimum Gasteiger partial charge on any atom is -0.345 e. The molecule has 2 aliphatic carbocycles. The van der Waals surface area contributed by atoms with Gasteiger partial charge in [0.05, 0.1) is 0 Å². The first-order valence-electron chi connectivity index (χ1n) is 12.2. The van der Waals surface area contributed by atoms with Gasteiger partial charge in [0.15, 0.2) is 0 Å². The van der Waals surface area contributed by atoms with E-state index in [1.54, 1.807) is 0 Å². The second kappa shape index (κ2) is 8.65. The van der Waals surface area contributed by atoms with Crippen molar-refractivity contribution >= 4 is 23.0 Å². The highest BCUT2D eigenvalue weighted by atomic mass is 15.1. The molecule has 1 heteroatoms. The summed E-state index contributed by atoms with van der Waals surface area (Å²) >= 11 is 0. The molecule has 1 unspecified atom stereocenters. The van der Waals surface area contributed by atoms with Gasteiger partial charge in [0, 0.05) is 23.8 Å². The van der Waals surface area contributed by atoms with E-state index in [1.165, 1.54) is 55.9 Å². The van der Waals surface area contributed by atoms with Crippen molar-refractivity contribution in [3.05, 3.63) is 131 Å². The summed E-state index contributed by atoms with van der Waals surface area (Å²) in [6, 6.07) is 22.3. The van der Waals surface area contributed by atoms with Gasteiger partial charge < -0.3 is 4.90 Å². The Balaban J connectivity index is 1.68. The average Bonchev–Trinajstić information content (AvgIpc) is 3.35. The van der Waals surface area contributed by atoms with Gasteiger partial charge in [-0.25, -0.2) is 0 Å². The van der Waals surface area contributed by atoms with Crippen LogP contribution >= 0.6 is 0 Å². The predicted octanol–water partition coefficient (Wildman–Crippen LogP) is 8.36. The molecule has 0 radical (unpaired) electrons. The molecule has 0 fully saturated rings. The molecular formula is C33H33N. The SMILES string of the molecule is C=C/C=C\C1=C(C)c2ccc(N(C)c3ccccc3)cc2C12Cc1ccc(C)c(/C=C\C)c1C2. The lowest BCUT2D eigenvalue weighted by Crippen LogP contribution is -2.27. The number of rotatable bonds is 5. The van der Waals surface area contributed by atoms with Gasteiger partial charge in [-0.2, -0.15) is 0 Å². The van der Waals surface area contributed by atoms with E-state index in [9.17, 15) is 0 Å². The van der Waals surface area contributed by atoms with Crippen LogP contribution in [0.4, 0.5) is 11.4 Å². The van der Waals surface area contributed by atoms with Crippen molar-refractivity contribution in [2.45, 2.75) is 39.0 Å². The Morgan fingerprint density at radius 3 is 2.44 bits per heavy atom. The average molecular weight is 444 g/mol. The lowest BCUT2D eigenvalue weighted by molar-refractivity contribution is 0.558. The number of nitrogens with zero attached hydrogens (tertiary/aromatic N) is 1. The van der Waals surface area contributed by atoms with Gasteiger partial charge in [0.2, 0.25) is 0 Å². The molecule has 3 aromatic rings. The fraction of sp³-hybridized carbons (Fsp3) is 0.212. The first-order valence-corrected chi connectivity index (χ1v) is 12.2. The minimum atomic E-state index is -0.0427. The van der Waals surface area contributed by atoms with Gasteiger partial charge in [-0.1, -0.05) is 73.4 Å². The quantitative estimate of drug-likeness (QED) is 0.358. The van der Waals surface area contributed by atoms with Crippen molar-refractivity contribution in [2.75, 3.05) is 11.9 Å². The number of hydrogen-bond acceptors (Lipinski definition) is 1. The Morgan fingerprint density at radius 1 is 0.912 bits per heavy atom. The number of fused-ring (bicyclic) bond motifs is 3. The first kappa shape index (κ1) is 22.2. The second-order valence-electron chi connectivity index (χ2n) is 9.63. The third-order valence-electron chi connectivity index (χ3n) is 7.75. The van der Waals surface area contributed by atoms with Crippen LogP contribution in [0, 0.1) is 6.92 Å². The zero-order valence-electron chi connectivity index (χ0n) is 20.7. The van der Waals surface area contributed by atoms with Crippen molar-refractivity contribution in [1.82, 2.24) is 0 Å². The lowest BCUT2D eigenvalue weighted by atomic mass is 9.74. The Kier molecular flexibility index (Phi) is 5.65. The summed E-state index contributed by atoms with van der Waals surface area (Å²) in [6.45, 7) is 10.6. The van der Waals surface area contributed by atoms with Crippen molar-refractivity contribution in [3.8, 4) is 0 Å². The molecule has 0 aromatic heterocycles. The van der Waals surface area contributed by atoms with Gasteiger partial charge in [-0.3, -0.25) is 0 Å². The van der Waals surface area contributed by atoms with Crippen molar-refractivity contribution in [2.24, 2.45) is 0 Å². The summed E-state index contributed by atoms with van der Waals surface area (Å²) < 4.78 is 0. The van der Waals surface area contributed by atoms with E-state index in [-0.39, 0.29) is 5.41 Å². The molecule has 1 atom stereocenters. The first-order chi connectivity index (χ1) is 16.5. The minimum absolute atomic E-state index is 0.0427. The highest BCUT2D eigenvalue weighted by molar-refractivity contribution is 5.85. The molecule has 0 N–H and O–H groups in total. The normalized spacial score (nSPS) is 18.8. The molecule has 0 saturated heterocycles. The Hall–Kier alpha value is -3.58. The monoisotopic (exact) mass is 443 g/mol. The third kappa shape index (κ3) is 3.39. The zero-order chi connectivity index (χ0) is 23.9. The fourth-order valence-electron chi connectivity index (χ4n) is 6.03. The molecule has 0 amide bonds. The largest absolute Gasteiger partial charge is 0.345 e. The van der Waals surface area contributed by atoms with Crippen molar-refractivity contribution in [3.63, 3.8) is 0 Å². The molecule has 170 valence electrons. The number of hydrogen-bond donors (Lipinski definition) is 0. The summed E-state index contributed by atoms with van der Waals surface area (Å²) in [7, 11) is 2.16. The van der Waals surface area contributed by atoms with Crippen LogP contribution in [0.25, 0.3) is 11.6 Å². The topological polar surface area (TPSA) is 3.24 Å². The van der Waals surface area contributed by atoms with E-state index in [0.717, 1.165) is 12.8 Å². The predicted molar refractivity (Wildman–Crippen MR) is 148 cm³/mol. The Bertz CT molecular complexity index is 1350. The molecule has 34 heavy (non-hydrogen) atoms. The molecule has 2 aliphatic rings. The van der Waals surface area contributed by atoms with E-state index >= 15 is 0 Å². The van der Waals surface area contributed by atoms with E-state index in [2.05, 4.69) is 124 Å². The van der Waals surface area contributed by atoms with Crippen LogP contribution in [-0.2, 0) is 18.3 Å². The molecule has 3 aromatic carbocycles. The number of allylic oxidation sites excluding steroid dienone is 6. The molecular weight excluding hydrogens is 410 g/mol. The van der Waals surface area contributed by atoms with Gasteiger partial charge in [-0.05, 0) is 102 Å². The number of para-hydroxylation sites is 1. The number of aryl methyl sites for hydroxylation is 1. The Labute approximate surface area is 204 Å². The summed E-state index contributed by atoms with van der Waals surface area (Å²) in [6.07, 6.45) is 12.8. The highest BCUT2D eigenvalue weighted by Gasteiger charge is 2.47. The van der Waals surface area contributed by atoms with Gasteiger partial charge in [-0.15, -0.1) is 0 Å². The van der Waals surface area contributed by atoms with Crippen LogP contribution in [-0.4, -0.2) is 7.05 Å². The van der Waals surface area contributed by atoms with Crippen molar-refractivity contribution in [1.29, 1.82) is 0 Å². The van der Waals surface area contributed by atoms with Crippen LogP contribution in [0.1, 0.15) is 47.2 Å². The van der Waals surface area contributed by atoms with E-state index < -0.39 is 0 Å². The molecule has 1 spiro atoms. The zero-order valence-corrected chi connectivity index (χ0v) is 20.7. The molecule has 5 rings (SSSR count). The maximum atomic E-state index is 3.95. The van der Waals surface area contributed by atoms with Crippen LogP contribution in [0.2, 0.25) is 0 Å². The smallest absolute Gasteiger partial charge is 0.0411 e. The molecule has 1 nitrogen and oxygen atoms in total. The van der Waals surface area contributed by atoms with E-state index in [4.69, 9.17) is 0 Å². The molecule has 0 aliphatic heterocycles. The summed E-state index contributed by atoms with van der Waals surface area (Å²) in [5.41, 5.74) is 13.8. The molecule has 0 heterocycles. The molecule has 0 saturated carbocycles. The van der Waals surface area contributed by atoms with Gasteiger partial charge >= 0.3 is 0 Å². The van der Waals surface area contributed by atoms with Gasteiger partial charge in [0.1, 0.15) is 0 Å². The number of anilines is 2. The number of benzene rings is 3. The Morgan fingerprint density at radius 2 is 1.71 bits per heavy atom. The standard InChI is InChI=1S/C33H33N/c1-6-8-15-31-24(4)29-19-18-27(34(5)26-13-10-9-11-14-26)20-32(29)33(31)21-25-17-16-23(3)28(12-7-2)30(25)22-33/h6-20H,1,21-22H2,2-5H3/b12-7-,15-8-. The van der Waals surface area contributed by atoms with Crippen LogP contribution in [0.15, 0.2) is 97.1 Å². The van der Waals surface area contributed by atoms with Crippen LogP contribution in [0.5, 0.6) is 0 Å². The summed E-state index contributed by atoms with van der Waals surface area (Å²) in [5, 5.41) is 0. The van der Waals surface area contributed by atoms with E-state index in [0.29, 0.717) is 0 Å². The van der Waals surface area contributed by atoms with E-state index in [1.807, 2.05) is 6.08 Å². The second-order valence-corrected chi connectivity index (χ2v) is 9.63. The molecule has 0 bridgehead atoms. The van der Waals surface area contributed by atoms with Gasteiger partial charge in [0.25, 0.3) is 0 Å². The van der Waals surface area contributed by atoms with Crippen LogP contribution in [0.3, 0.4) is 0 Å². The maximum absolute atomic E-state index is 3.95. The lowest BCUT2D eigenvalue weighted by Gasteiger charge is -2.30. The highest BCUT2D eigenvalue weighted by Crippen LogP contribution is 2.55. The summed E-state index contributed by atoms with van der Waals surface area (Å²) in [5.74, 6) is 0. The van der Waals surface area contributed by atoms with Crippen LogP contribution < -0.4 is 4.90 Å². The fourth-order valence-corrected chi connectivity index (χ4v) is 6.03. The maximum Gasteiger partial charge on any atom is 0.0411 e.